The normalized spacial score (nSPS) is 12.7. The van der Waals surface area contributed by atoms with Gasteiger partial charge in [0, 0.05) is 5.41 Å². The molecule has 0 aromatic carbocycles. The van der Waals surface area contributed by atoms with E-state index in [4.69, 9.17) is 16.1 Å². The Bertz CT molecular complexity index is 618. The topological polar surface area (TPSA) is 160 Å². The molecular weight excluding hydrogens is 282 g/mol. The van der Waals surface area contributed by atoms with Crippen molar-refractivity contribution in [2.24, 2.45) is 0 Å². The predicted molar refractivity (Wildman–Crippen MR) is 72.4 cm³/mol. The van der Waals surface area contributed by atoms with Crippen molar-refractivity contribution in [1.82, 2.24) is 14.9 Å². The monoisotopic (exact) mass is 299 g/mol. The number of nitrogens with zero attached hydrogens (tertiary/aromatic N) is 3. The van der Waals surface area contributed by atoms with Gasteiger partial charge in [0.05, 0.1) is 6.42 Å². The maximum Gasteiger partial charge on any atom is 0.326 e. The molecule has 0 radical (unpaired) electrons. The smallest absolute Gasteiger partial charge is 0.326 e. The maximum absolute atomic E-state index is 12.0. The fourth-order valence-electron chi connectivity index (χ4n) is 1.50. The van der Waals surface area contributed by atoms with Crippen molar-refractivity contribution in [1.29, 1.82) is 0 Å². The summed E-state index contributed by atoms with van der Waals surface area (Å²) in [6, 6.07) is -1.48. The first-order valence-electron chi connectivity index (χ1n) is 6.00. The van der Waals surface area contributed by atoms with E-state index in [1.807, 2.05) is 0 Å². The molecule has 116 valence electrons. The number of aliphatic carboxylic acids is 2. The van der Waals surface area contributed by atoms with Crippen LogP contribution in [0.1, 0.15) is 32.9 Å². The fraction of sp³-hybridized carbons (Fsp3) is 0.545. The molecule has 1 unspecified atom stereocenters. The summed E-state index contributed by atoms with van der Waals surface area (Å²) in [6.07, 6.45) is -0.702. The van der Waals surface area contributed by atoms with Gasteiger partial charge in [-0.2, -0.15) is 4.68 Å². The van der Waals surface area contributed by atoms with Gasteiger partial charge in [-0.3, -0.25) is 9.59 Å². The highest BCUT2D eigenvalue weighted by Gasteiger charge is 2.26. The Morgan fingerprint density at radius 3 is 2.33 bits per heavy atom. The van der Waals surface area contributed by atoms with E-state index in [0.29, 0.717) is 4.68 Å². The van der Waals surface area contributed by atoms with Crippen molar-refractivity contribution in [3.05, 3.63) is 16.0 Å². The molecule has 1 atom stereocenters. The molecule has 0 bridgehead atoms. The van der Waals surface area contributed by atoms with E-state index in [1.54, 1.807) is 20.8 Å². The summed E-state index contributed by atoms with van der Waals surface area (Å²) < 4.78 is 0.616. The van der Waals surface area contributed by atoms with Gasteiger partial charge in [0.1, 0.15) is 11.7 Å². The predicted octanol–water partition coefficient (Wildman–Crippen LogP) is -1.01. The Morgan fingerprint density at radius 1 is 1.33 bits per heavy atom. The first-order valence-corrected chi connectivity index (χ1v) is 6.00. The third-order valence-electron chi connectivity index (χ3n) is 2.58. The number of nitrogens with one attached hydrogen (secondary N) is 1. The molecule has 1 aromatic rings. The van der Waals surface area contributed by atoms with Crippen LogP contribution in [0.25, 0.3) is 0 Å². The molecule has 21 heavy (non-hydrogen) atoms. The fourth-order valence-corrected chi connectivity index (χ4v) is 1.50. The van der Waals surface area contributed by atoms with E-state index >= 15 is 0 Å². The van der Waals surface area contributed by atoms with E-state index in [-0.39, 0.29) is 11.6 Å². The first kappa shape index (κ1) is 16.4. The number of carboxylic acid groups (broad SMARTS) is 2. The zero-order valence-corrected chi connectivity index (χ0v) is 11.8. The Morgan fingerprint density at radius 2 is 1.90 bits per heavy atom. The van der Waals surface area contributed by atoms with Gasteiger partial charge in [-0.25, -0.2) is 4.79 Å². The molecule has 0 aliphatic rings. The number of nitrogens with two attached hydrogens (primary N) is 1. The van der Waals surface area contributed by atoms with Crippen molar-refractivity contribution in [3.8, 4) is 0 Å². The summed E-state index contributed by atoms with van der Waals surface area (Å²) in [5.74, 6) is 2.51. The van der Waals surface area contributed by atoms with Crippen molar-refractivity contribution in [2.75, 3.05) is 11.2 Å². The van der Waals surface area contributed by atoms with Gasteiger partial charge in [-0.05, 0) is 0 Å². The van der Waals surface area contributed by atoms with Crippen LogP contribution in [0.2, 0.25) is 0 Å². The third-order valence-corrected chi connectivity index (χ3v) is 2.58. The average molecular weight is 299 g/mol. The van der Waals surface area contributed by atoms with E-state index in [2.05, 4.69) is 15.5 Å². The lowest BCUT2D eigenvalue weighted by molar-refractivity contribution is -0.144. The summed E-state index contributed by atoms with van der Waals surface area (Å²) in [6.45, 7) is 5.24. The highest BCUT2D eigenvalue weighted by atomic mass is 16.4. The Labute approximate surface area is 119 Å². The number of nitrogen functional groups attached to an aromatic ring is 1. The van der Waals surface area contributed by atoms with Crippen LogP contribution in [0.4, 0.5) is 5.95 Å². The van der Waals surface area contributed by atoms with Crippen LogP contribution in [0, 0.1) is 0 Å². The number of hydrogen-bond acceptors (Lipinski definition) is 7. The molecule has 1 rings (SSSR count). The Kier molecular flexibility index (Phi) is 4.51. The molecule has 10 nitrogen and oxygen atoms in total. The van der Waals surface area contributed by atoms with Crippen LogP contribution >= 0.6 is 0 Å². The number of carboxylic acids is 2. The number of rotatable bonds is 5. The van der Waals surface area contributed by atoms with Crippen LogP contribution in [0.5, 0.6) is 0 Å². The molecule has 1 heterocycles. The van der Waals surface area contributed by atoms with Crippen molar-refractivity contribution >= 4 is 17.9 Å². The van der Waals surface area contributed by atoms with Gasteiger partial charge < -0.3 is 21.4 Å². The highest BCUT2D eigenvalue weighted by Crippen LogP contribution is 2.16. The van der Waals surface area contributed by atoms with Crippen LogP contribution in [-0.4, -0.2) is 43.1 Å². The van der Waals surface area contributed by atoms with Gasteiger partial charge in [0.15, 0.2) is 0 Å². The van der Waals surface area contributed by atoms with Crippen molar-refractivity contribution in [3.63, 3.8) is 0 Å². The molecule has 5 N–H and O–H groups in total. The minimum atomic E-state index is -1.48. The van der Waals surface area contributed by atoms with Crippen molar-refractivity contribution < 1.29 is 19.8 Å². The lowest BCUT2D eigenvalue weighted by atomic mass is 9.93. The molecule has 0 saturated heterocycles. The highest BCUT2D eigenvalue weighted by molar-refractivity contribution is 5.82. The van der Waals surface area contributed by atoms with E-state index in [9.17, 15) is 14.4 Å². The van der Waals surface area contributed by atoms with Crippen LogP contribution in [0.3, 0.4) is 0 Å². The van der Waals surface area contributed by atoms with Gasteiger partial charge in [-0.15, -0.1) is 10.2 Å². The molecule has 1 aromatic heterocycles. The summed E-state index contributed by atoms with van der Waals surface area (Å²) >= 11 is 0. The third kappa shape index (κ3) is 3.91. The van der Waals surface area contributed by atoms with E-state index in [0.717, 1.165) is 0 Å². The molecule has 0 spiro atoms. The second-order valence-electron chi connectivity index (χ2n) is 5.43. The zero-order valence-electron chi connectivity index (χ0n) is 11.8. The minimum absolute atomic E-state index is 0.112. The molecular formula is C11H17N5O5. The largest absolute Gasteiger partial charge is 0.481 e. The summed E-state index contributed by atoms with van der Waals surface area (Å²) in [4.78, 5) is 33.6. The average Bonchev–Trinajstić information content (AvgIpc) is 2.31. The summed E-state index contributed by atoms with van der Waals surface area (Å²) in [5, 5.41) is 27.2. The van der Waals surface area contributed by atoms with Gasteiger partial charge in [0.2, 0.25) is 5.95 Å². The van der Waals surface area contributed by atoms with Gasteiger partial charge in [0.25, 0.3) is 5.56 Å². The number of carbonyl (C=O) groups is 2. The second-order valence-corrected chi connectivity index (χ2v) is 5.43. The Balaban J connectivity index is 3.16. The number of anilines is 1. The lowest BCUT2D eigenvalue weighted by Crippen LogP contribution is -2.41. The molecule has 0 aliphatic heterocycles. The summed E-state index contributed by atoms with van der Waals surface area (Å²) in [7, 11) is 0. The first-order chi connectivity index (χ1) is 9.54. The SMILES string of the molecule is CC(C)(C)c1nnc(NC(CC(=O)O)C(=O)O)n(N)c1=O. The Hall–Kier alpha value is -2.65. The minimum Gasteiger partial charge on any atom is -0.481 e. The van der Waals surface area contributed by atoms with E-state index in [1.165, 1.54) is 0 Å². The molecule has 0 saturated carbocycles. The standard InChI is InChI=1S/C11H17N5O5/c1-11(2,3)7-8(19)16(12)10(15-14-7)13-5(9(20)21)4-6(17)18/h5H,4,12H2,1-3H3,(H,13,15)(H,17,18)(H,20,21). The van der Waals surface area contributed by atoms with Gasteiger partial charge in [-0.1, -0.05) is 20.8 Å². The summed E-state index contributed by atoms with van der Waals surface area (Å²) in [5.41, 5.74) is -1.11. The van der Waals surface area contributed by atoms with Crippen LogP contribution in [-0.2, 0) is 15.0 Å². The zero-order chi connectivity index (χ0) is 16.4. The van der Waals surface area contributed by atoms with E-state index < -0.39 is 35.4 Å². The maximum atomic E-state index is 12.0. The molecule has 0 amide bonds. The van der Waals surface area contributed by atoms with Crippen LogP contribution in [0.15, 0.2) is 4.79 Å². The number of aromatic nitrogens is 3. The van der Waals surface area contributed by atoms with Crippen molar-refractivity contribution in [2.45, 2.75) is 38.6 Å². The number of hydrogen-bond donors (Lipinski definition) is 4. The molecule has 10 heteroatoms. The van der Waals surface area contributed by atoms with Gasteiger partial charge >= 0.3 is 11.9 Å². The lowest BCUT2D eigenvalue weighted by Gasteiger charge is -2.19. The molecule has 0 fully saturated rings. The van der Waals surface area contributed by atoms with Crippen LogP contribution < -0.4 is 16.7 Å². The quantitative estimate of drug-likeness (QED) is 0.499. The second kappa shape index (κ2) is 5.77. The molecule has 0 aliphatic carbocycles.